The zero-order valence-electron chi connectivity index (χ0n) is 15.8. The van der Waals surface area contributed by atoms with E-state index in [1.54, 1.807) is 12.1 Å². The molecule has 1 aromatic rings. The topological polar surface area (TPSA) is 113 Å². The Balaban J connectivity index is 1.52. The highest BCUT2D eigenvalue weighted by Gasteiger charge is 2.44. The van der Waals surface area contributed by atoms with Crippen LogP contribution >= 0.6 is 0 Å². The summed E-state index contributed by atoms with van der Waals surface area (Å²) in [5, 5.41) is 2.21. The van der Waals surface area contributed by atoms with Crippen molar-refractivity contribution in [1.82, 2.24) is 15.1 Å². The van der Waals surface area contributed by atoms with Gasteiger partial charge in [-0.25, -0.2) is 0 Å². The van der Waals surface area contributed by atoms with Crippen LogP contribution in [0.2, 0.25) is 0 Å². The van der Waals surface area contributed by atoms with Gasteiger partial charge in [-0.3, -0.25) is 34.3 Å². The van der Waals surface area contributed by atoms with Crippen LogP contribution in [-0.2, 0) is 16.1 Å². The minimum Gasteiger partial charge on any atom is -0.328 e. The predicted molar refractivity (Wildman–Crippen MR) is 100 cm³/mol. The highest BCUT2D eigenvalue weighted by Crippen LogP contribution is 2.29. The second-order valence-electron chi connectivity index (χ2n) is 7.97. The van der Waals surface area contributed by atoms with Crippen molar-refractivity contribution in [3.8, 4) is 0 Å². The van der Waals surface area contributed by atoms with Gasteiger partial charge in [-0.15, -0.1) is 0 Å². The molecule has 1 saturated carbocycles. The summed E-state index contributed by atoms with van der Waals surface area (Å²) < 4.78 is 0. The fourth-order valence-corrected chi connectivity index (χ4v) is 4.43. The fraction of sp³-hybridized carbons (Fsp3) is 0.500. The van der Waals surface area contributed by atoms with E-state index in [0.717, 1.165) is 29.7 Å². The summed E-state index contributed by atoms with van der Waals surface area (Å²) in [6.07, 6.45) is 3.32. The zero-order chi connectivity index (χ0) is 20.0. The molecule has 2 fully saturated rings. The summed E-state index contributed by atoms with van der Waals surface area (Å²) in [4.78, 5) is 52.3. The Labute approximate surface area is 163 Å². The van der Waals surface area contributed by atoms with Crippen molar-refractivity contribution in [1.29, 1.82) is 0 Å². The molecule has 3 aliphatic rings. The number of carbonyl (C=O) groups excluding carboxylic acids is 4. The van der Waals surface area contributed by atoms with Gasteiger partial charge in [0.15, 0.2) is 0 Å². The van der Waals surface area contributed by atoms with Crippen LogP contribution in [0.3, 0.4) is 0 Å². The van der Waals surface area contributed by atoms with E-state index in [4.69, 9.17) is 5.73 Å². The maximum atomic E-state index is 12.9. The lowest BCUT2D eigenvalue weighted by molar-refractivity contribution is -0.136. The molecule has 8 heteroatoms. The van der Waals surface area contributed by atoms with E-state index in [0.29, 0.717) is 23.7 Å². The third-order valence-corrected chi connectivity index (χ3v) is 6.01. The third-order valence-electron chi connectivity index (χ3n) is 6.01. The molecule has 0 bridgehead atoms. The molecule has 1 aromatic carbocycles. The van der Waals surface area contributed by atoms with Crippen LogP contribution in [0.4, 0.5) is 0 Å². The van der Waals surface area contributed by atoms with Crippen molar-refractivity contribution < 1.29 is 19.2 Å². The number of nitrogens with zero attached hydrogens (tertiary/aromatic N) is 2. The molecule has 0 aromatic heterocycles. The Morgan fingerprint density at radius 3 is 2.54 bits per heavy atom. The summed E-state index contributed by atoms with van der Waals surface area (Å²) in [5.41, 5.74) is 7.57. The van der Waals surface area contributed by atoms with Crippen LogP contribution in [0.15, 0.2) is 18.2 Å². The van der Waals surface area contributed by atoms with E-state index in [9.17, 15) is 19.2 Å². The van der Waals surface area contributed by atoms with Gasteiger partial charge in [-0.1, -0.05) is 6.07 Å². The van der Waals surface area contributed by atoms with E-state index < -0.39 is 23.8 Å². The molecular weight excluding hydrogens is 360 g/mol. The molecule has 4 rings (SSSR count). The minimum absolute atomic E-state index is 0.114. The standard InChI is InChI=1S/C20H24N4O4/c1-23(13-4-3-12(21)9-13)10-11-2-5-14-15(8-11)20(28)24(19(14)27)16-6-7-17(25)22-18(16)26/h2,5,8,12-13,16H,3-4,6-7,9-10,21H2,1H3,(H,22,25,26). The van der Waals surface area contributed by atoms with E-state index in [2.05, 4.69) is 10.2 Å². The van der Waals surface area contributed by atoms with Crippen molar-refractivity contribution in [3.63, 3.8) is 0 Å². The first-order valence-corrected chi connectivity index (χ1v) is 9.65. The number of fused-ring (bicyclic) bond motifs is 1. The van der Waals surface area contributed by atoms with Crippen molar-refractivity contribution >= 4 is 23.6 Å². The molecule has 0 radical (unpaired) electrons. The number of nitrogens with one attached hydrogen (secondary N) is 1. The summed E-state index contributed by atoms with van der Waals surface area (Å²) in [7, 11) is 2.04. The lowest BCUT2D eigenvalue weighted by Gasteiger charge is -2.27. The van der Waals surface area contributed by atoms with Crippen LogP contribution in [0.25, 0.3) is 0 Å². The Kier molecular flexibility index (Phi) is 4.76. The first-order chi connectivity index (χ1) is 13.3. The molecule has 3 N–H and O–H groups in total. The highest BCUT2D eigenvalue weighted by molar-refractivity contribution is 6.23. The summed E-state index contributed by atoms with van der Waals surface area (Å²) in [6, 6.07) is 4.98. The van der Waals surface area contributed by atoms with Crippen molar-refractivity contribution in [3.05, 3.63) is 34.9 Å². The van der Waals surface area contributed by atoms with E-state index in [1.807, 2.05) is 13.1 Å². The molecular formula is C20H24N4O4. The van der Waals surface area contributed by atoms with Gasteiger partial charge in [-0.2, -0.15) is 0 Å². The van der Waals surface area contributed by atoms with Crippen molar-refractivity contribution in [2.24, 2.45) is 5.73 Å². The van der Waals surface area contributed by atoms with Gasteiger partial charge in [0.25, 0.3) is 11.8 Å². The smallest absolute Gasteiger partial charge is 0.262 e. The monoisotopic (exact) mass is 384 g/mol. The number of hydrogen-bond acceptors (Lipinski definition) is 6. The average Bonchev–Trinajstić information content (AvgIpc) is 3.18. The van der Waals surface area contributed by atoms with Crippen LogP contribution in [-0.4, -0.2) is 58.6 Å². The van der Waals surface area contributed by atoms with Gasteiger partial charge in [0, 0.05) is 25.0 Å². The van der Waals surface area contributed by atoms with E-state index in [1.165, 1.54) is 0 Å². The van der Waals surface area contributed by atoms with Gasteiger partial charge < -0.3 is 5.73 Å². The largest absolute Gasteiger partial charge is 0.328 e. The Morgan fingerprint density at radius 2 is 1.86 bits per heavy atom. The molecule has 1 saturated heterocycles. The normalized spacial score (nSPS) is 27.5. The molecule has 3 atom stereocenters. The van der Waals surface area contributed by atoms with Gasteiger partial charge in [0.05, 0.1) is 11.1 Å². The average molecular weight is 384 g/mol. The number of benzene rings is 1. The maximum Gasteiger partial charge on any atom is 0.262 e. The van der Waals surface area contributed by atoms with E-state index >= 15 is 0 Å². The predicted octanol–water partition coefficient (Wildman–Crippen LogP) is 0.399. The van der Waals surface area contributed by atoms with Crippen LogP contribution < -0.4 is 11.1 Å². The number of imide groups is 2. The molecule has 4 amide bonds. The van der Waals surface area contributed by atoms with Gasteiger partial charge in [0.1, 0.15) is 6.04 Å². The molecule has 2 aliphatic heterocycles. The van der Waals surface area contributed by atoms with Crippen molar-refractivity contribution in [2.75, 3.05) is 7.05 Å². The number of nitrogens with two attached hydrogens (primary N) is 1. The van der Waals surface area contributed by atoms with Crippen molar-refractivity contribution in [2.45, 2.75) is 56.8 Å². The lowest BCUT2D eigenvalue weighted by atomic mass is 10.0. The Bertz CT molecular complexity index is 868. The molecule has 1 aliphatic carbocycles. The maximum absolute atomic E-state index is 12.9. The lowest BCUT2D eigenvalue weighted by Crippen LogP contribution is -2.54. The summed E-state index contributed by atoms with van der Waals surface area (Å²) >= 11 is 0. The van der Waals surface area contributed by atoms with E-state index in [-0.39, 0.29) is 24.8 Å². The molecule has 2 heterocycles. The van der Waals surface area contributed by atoms with Gasteiger partial charge >= 0.3 is 0 Å². The Morgan fingerprint density at radius 1 is 1.11 bits per heavy atom. The van der Waals surface area contributed by atoms with Crippen LogP contribution in [0, 0.1) is 0 Å². The minimum atomic E-state index is -0.934. The number of hydrogen-bond donors (Lipinski definition) is 2. The fourth-order valence-electron chi connectivity index (χ4n) is 4.43. The number of rotatable bonds is 4. The molecule has 28 heavy (non-hydrogen) atoms. The SMILES string of the molecule is CN(Cc1ccc2c(c1)C(=O)N(C1CCC(=O)NC1=O)C2=O)C1CCC(N)C1. The first-order valence-electron chi connectivity index (χ1n) is 9.65. The summed E-state index contributed by atoms with van der Waals surface area (Å²) in [5.74, 6) is -1.92. The second kappa shape index (κ2) is 7.10. The van der Waals surface area contributed by atoms with Crippen LogP contribution in [0.1, 0.15) is 58.4 Å². The second-order valence-corrected chi connectivity index (χ2v) is 7.97. The molecule has 8 nitrogen and oxygen atoms in total. The summed E-state index contributed by atoms with van der Waals surface area (Å²) in [6.45, 7) is 0.657. The van der Waals surface area contributed by atoms with Crippen LogP contribution in [0.5, 0.6) is 0 Å². The van der Waals surface area contributed by atoms with Gasteiger partial charge in [0.2, 0.25) is 11.8 Å². The molecule has 0 spiro atoms. The third kappa shape index (κ3) is 3.22. The zero-order valence-corrected chi connectivity index (χ0v) is 15.8. The Hall–Kier alpha value is -2.58. The first kappa shape index (κ1) is 18.8. The molecule has 148 valence electrons. The number of amides is 4. The highest BCUT2D eigenvalue weighted by atomic mass is 16.2. The molecule has 3 unspecified atom stereocenters. The number of piperidine rings is 1. The number of carbonyl (C=O) groups is 4. The van der Waals surface area contributed by atoms with Gasteiger partial charge in [-0.05, 0) is 50.4 Å². The quantitative estimate of drug-likeness (QED) is 0.727.